The molecule has 0 N–H and O–H groups in total. The van der Waals surface area contributed by atoms with Crippen LogP contribution in [0.4, 0.5) is 0 Å². The third-order valence-electron chi connectivity index (χ3n) is 2.32. The highest BCUT2D eigenvalue weighted by Crippen LogP contribution is 2.26. The average molecular weight is 272 g/mol. The number of alkyl halides is 1. The highest BCUT2D eigenvalue weighted by Gasteiger charge is 2.10. The first-order valence-corrected chi connectivity index (χ1v) is 5.83. The van der Waals surface area contributed by atoms with Gasteiger partial charge in [-0.2, -0.15) is 0 Å². The second-order valence-corrected chi connectivity index (χ2v) is 4.58. The van der Waals surface area contributed by atoms with E-state index in [4.69, 9.17) is 27.9 Å². The number of halogens is 2. The zero-order chi connectivity index (χ0) is 12.4. The van der Waals surface area contributed by atoms with Crippen molar-refractivity contribution in [1.82, 2.24) is 15.0 Å². The normalized spacial score (nSPS) is 12.5. The van der Waals surface area contributed by atoms with Crippen molar-refractivity contribution in [3.63, 3.8) is 0 Å². The molecule has 0 aliphatic heterocycles. The maximum absolute atomic E-state index is 6.10. The summed E-state index contributed by atoms with van der Waals surface area (Å²) in [6.07, 6.45) is 1.75. The summed E-state index contributed by atoms with van der Waals surface area (Å²) in [5.41, 5.74) is 1.41. The van der Waals surface area contributed by atoms with E-state index in [2.05, 4.69) is 10.3 Å². The number of ether oxygens (including phenoxy) is 1. The summed E-state index contributed by atoms with van der Waals surface area (Å²) in [5.74, 6) is 0.709. The highest BCUT2D eigenvalue weighted by molar-refractivity contribution is 6.32. The molecule has 0 saturated carbocycles. The van der Waals surface area contributed by atoms with Crippen LogP contribution in [0.2, 0.25) is 5.02 Å². The van der Waals surface area contributed by atoms with Crippen LogP contribution >= 0.6 is 23.2 Å². The van der Waals surface area contributed by atoms with Crippen molar-refractivity contribution < 1.29 is 4.74 Å². The van der Waals surface area contributed by atoms with Crippen LogP contribution in [-0.4, -0.2) is 22.1 Å². The van der Waals surface area contributed by atoms with Crippen molar-refractivity contribution in [1.29, 1.82) is 0 Å². The van der Waals surface area contributed by atoms with E-state index < -0.39 is 0 Å². The molecule has 17 heavy (non-hydrogen) atoms. The Labute approximate surface area is 109 Å². The van der Waals surface area contributed by atoms with Crippen molar-refractivity contribution in [2.24, 2.45) is 0 Å². The minimum atomic E-state index is -0.187. The van der Waals surface area contributed by atoms with Crippen molar-refractivity contribution >= 4 is 23.2 Å². The Morgan fingerprint density at radius 1 is 1.41 bits per heavy atom. The van der Waals surface area contributed by atoms with E-state index in [1.807, 2.05) is 6.92 Å². The predicted octanol–water partition coefficient (Wildman–Crippen LogP) is 3.23. The summed E-state index contributed by atoms with van der Waals surface area (Å²) in [4.78, 5) is 0. The van der Waals surface area contributed by atoms with Crippen LogP contribution in [0.5, 0.6) is 5.75 Å². The molecule has 6 heteroatoms. The second kappa shape index (κ2) is 4.94. The molecule has 0 amide bonds. The van der Waals surface area contributed by atoms with Gasteiger partial charge < -0.3 is 4.74 Å². The molecule has 1 heterocycles. The molecule has 2 aromatic rings. The molecule has 1 aromatic heterocycles. The van der Waals surface area contributed by atoms with Crippen molar-refractivity contribution in [3.05, 3.63) is 35.1 Å². The van der Waals surface area contributed by atoms with Gasteiger partial charge in [0.1, 0.15) is 11.4 Å². The smallest absolute Gasteiger partial charge is 0.121 e. The lowest BCUT2D eigenvalue weighted by molar-refractivity contribution is 0.414. The number of nitrogens with zero attached hydrogens (tertiary/aromatic N) is 3. The lowest BCUT2D eigenvalue weighted by Gasteiger charge is -2.05. The number of rotatable bonds is 3. The van der Waals surface area contributed by atoms with Crippen molar-refractivity contribution in [2.45, 2.75) is 12.3 Å². The monoisotopic (exact) mass is 271 g/mol. The number of aromatic nitrogens is 3. The molecule has 1 unspecified atom stereocenters. The van der Waals surface area contributed by atoms with Crippen molar-refractivity contribution in [3.8, 4) is 11.4 Å². The molecule has 0 bridgehead atoms. The minimum Gasteiger partial charge on any atom is -0.497 e. The third kappa shape index (κ3) is 2.53. The zero-order valence-electron chi connectivity index (χ0n) is 9.39. The number of hydrogen-bond donors (Lipinski definition) is 0. The predicted molar refractivity (Wildman–Crippen MR) is 67.2 cm³/mol. The summed E-state index contributed by atoms with van der Waals surface area (Å²) < 4.78 is 6.72. The van der Waals surface area contributed by atoms with Gasteiger partial charge in [-0.25, -0.2) is 4.68 Å². The molecule has 0 fully saturated rings. The Kier molecular flexibility index (Phi) is 3.54. The first-order valence-electron chi connectivity index (χ1n) is 5.02. The summed E-state index contributed by atoms with van der Waals surface area (Å²) in [5, 5.41) is 8.34. The SMILES string of the molecule is COc1ccc(Cl)c(-n2cc(C(C)Cl)nn2)c1. The maximum Gasteiger partial charge on any atom is 0.121 e. The molecule has 0 aliphatic carbocycles. The van der Waals surface area contributed by atoms with Gasteiger partial charge in [0, 0.05) is 6.07 Å². The summed E-state index contributed by atoms with van der Waals surface area (Å²) in [7, 11) is 1.60. The molecule has 2 rings (SSSR count). The quantitative estimate of drug-likeness (QED) is 0.805. The molecule has 4 nitrogen and oxygen atoms in total. The fraction of sp³-hybridized carbons (Fsp3) is 0.273. The van der Waals surface area contributed by atoms with E-state index in [1.54, 1.807) is 36.2 Å². The fourth-order valence-electron chi connectivity index (χ4n) is 1.37. The van der Waals surface area contributed by atoms with Gasteiger partial charge in [0.05, 0.1) is 29.4 Å². The Balaban J connectivity index is 2.44. The standard InChI is InChI=1S/C11H11Cl2N3O/c1-7(12)10-6-16(15-14-10)11-5-8(17-2)3-4-9(11)13/h3-7H,1-2H3. The van der Waals surface area contributed by atoms with Gasteiger partial charge in [-0.05, 0) is 19.1 Å². The topological polar surface area (TPSA) is 39.9 Å². The Morgan fingerprint density at radius 2 is 2.18 bits per heavy atom. The van der Waals surface area contributed by atoms with Gasteiger partial charge in [0.2, 0.25) is 0 Å². The Hall–Kier alpha value is -1.26. The van der Waals surface area contributed by atoms with Crippen molar-refractivity contribution in [2.75, 3.05) is 7.11 Å². The van der Waals surface area contributed by atoms with E-state index in [-0.39, 0.29) is 5.38 Å². The van der Waals surface area contributed by atoms with E-state index in [9.17, 15) is 0 Å². The second-order valence-electron chi connectivity index (χ2n) is 3.52. The van der Waals surface area contributed by atoms with E-state index in [1.165, 1.54) is 0 Å². The third-order valence-corrected chi connectivity index (χ3v) is 2.86. The number of methoxy groups -OCH3 is 1. The van der Waals surface area contributed by atoms with Crippen LogP contribution in [0, 0.1) is 0 Å². The van der Waals surface area contributed by atoms with Crippen LogP contribution in [-0.2, 0) is 0 Å². The molecule has 0 aliphatic rings. The number of benzene rings is 1. The van der Waals surface area contributed by atoms with E-state index in [0.29, 0.717) is 22.2 Å². The lowest BCUT2D eigenvalue weighted by Crippen LogP contribution is -1.97. The Morgan fingerprint density at radius 3 is 2.76 bits per heavy atom. The first-order chi connectivity index (χ1) is 8.11. The molecule has 0 radical (unpaired) electrons. The van der Waals surface area contributed by atoms with Crippen LogP contribution in [0.15, 0.2) is 24.4 Å². The summed E-state index contributed by atoms with van der Waals surface area (Å²) in [6, 6.07) is 5.33. The minimum absolute atomic E-state index is 0.187. The first kappa shape index (κ1) is 12.2. The van der Waals surface area contributed by atoms with E-state index >= 15 is 0 Å². The largest absolute Gasteiger partial charge is 0.497 e. The van der Waals surface area contributed by atoms with Gasteiger partial charge in [-0.1, -0.05) is 16.8 Å². The van der Waals surface area contributed by atoms with Gasteiger partial charge in [-0.15, -0.1) is 16.7 Å². The molecule has 0 saturated heterocycles. The average Bonchev–Trinajstić information content (AvgIpc) is 2.79. The van der Waals surface area contributed by atoms with Gasteiger partial charge in [-0.3, -0.25) is 0 Å². The van der Waals surface area contributed by atoms with Crippen LogP contribution in [0.25, 0.3) is 5.69 Å². The molecule has 1 aromatic carbocycles. The van der Waals surface area contributed by atoms with E-state index in [0.717, 1.165) is 0 Å². The molecular formula is C11H11Cl2N3O. The Bertz CT molecular complexity index is 525. The highest BCUT2D eigenvalue weighted by atomic mass is 35.5. The lowest BCUT2D eigenvalue weighted by atomic mass is 10.3. The number of hydrogen-bond acceptors (Lipinski definition) is 3. The molecular weight excluding hydrogens is 261 g/mol. The maximum atomic E-state index is 6.10. The zero-order valence-corrected chi connectivity index (χ0v) is 10.9. The van der Waals surface area contributed by atoms with Gasteiger partial charge in [0.15, 0.2) is 0 Å². The fourth-order valence-corrected chi connectivity index (χ4v) is 1.68. The summed E-state index contributed by atoms with van der Waals surface area (Å²) >= 11 is 12.0. The van der Waals surface area contributed by atoms with Gasteiger partial charge in [0.25, 0.3) is 0 Å². The van der Waals surface area contributed by atoms with Crippen LogP contribution in [0.1, 0.15) is 18.0 Å². The van der Waals surface area contributed by atoms with Crippen LogP contribution in [0.3, 0.4) is 0 Å². The summed E-state index contributed by atoms with van der Waals surface area (Å²) in [6.45, 7) is 1.84. The molecule has 1 atom stereocenters. The van der Waals surface area contributed by atoms with Crippen LogP contribution < -0.4 is 4.74 Å². The molecule has 0 spiro atoms. The van der Waals surface area contributed by atoms with Gasteiger partial charge >= 0.3 is 0 Å². The molecule has 90 valence electrons.